The number of hydrogen-bond donors (Lipinski definition) is 0. The molecular formula is C17H28. The standard InChI is InChI=1S/C17H28/c1-13-8-9-14(11-16(2,3)4)15(10-13)12-17(5,6)7/h8-10H,11-12H2,1-7H3. The molecule has 0 bridgehead atoms. The lowest BCUT2D eigenvalue weighted by atomic mass is 9.81. The first kappa shape index (κ1) is 14.3. The van der Waals surface area contributed by atoms with Crippen LogP contribution in [0.3, 0.4) is 0 Å². The summed E-state index contributed by atoms with van der Waals surface area (Å²) in [6.45, 7) is 16.1. The van der Waals surface area contributed by atoms with E-state index in [4.69, 9.17) is 0 Å². The monoisotopic (exact) mass is 232 g/mol. The molecule has 0 amide bonds. The van der Waals surface area contributed by atoms with Gasteiger partial charge in [-0.05, 0) is 41.7 Å². The van der Waals surface area contributed by atoms with Gasteiger partial charge in [-0.15, -0.1) is 0 Å². The van der Waals surface area contributed by atoms with E-state index >= 15 is 0 Å². The zero-order valence-corrected chi connectivity index (χ0v) is 12.6. The summed E-state index contributed by atoms with van der Waals surface area (Å²) in [7, 11) is 0. The van der Waals surface area contributed by atoms with E-state index in [1.807, 2.05) is 0 Å². The molecule has 0 atom stereocenters. The van der Waals surface area contributed by atoms with E-state index in [1.54, 1.807) is 0 Å². The number of aryl methyl sites for hydroxylation is 1. The zero-order valence-electron chi connectivity index (χ0n) is 12.6. The van der Waals surface area contributed by atoms with Gasteiger partial charge in [0.1, 0.15) is 0 Å². The van der Waals surface area contributed by atoms with Crippen molar-refractivity contribution in [2.24, 2.45) is 10.8 Å². The third-order valence-electron chi connectivity index (χ3n) is 2.80. The first-order valence-electron chi connectivity index (χ1n) is 6.65. The number of benzene rings is 1. The molecule has 0 heterocycles. The predicted octanol–water partition coefficient (Wildman–Crippen LogP) is 5.17. The molecule has 0 aromatic heterocycles. The Kier molecular flexibility index (Phi) is 4.06. The molecule has 0 spiro atoms. The van der Waals surface area contributed by atoms with Crippen molar-refractivity contribution in [3.05, 3.63) is 34.9 Å². The van der Waals surface area contributed by atoms with Crippen molar-refractivity contribution < 1.29 is 0 Å². The molecule has 0 saturated carbocycles. The van der Waals surface area contributed by atoms with Crippen LogP contribution in [0.25, 0.3) is 0 Å². The third kappa shape index (κ3) is 5.39. The summed E-state index contributed by atoms with van der Waals surface area (Å²) < 4.78 is 0. The van der Waals surface area contributed by atoms with E-state index in [0.717, 1.165) is 0 Å². The van der Waals surface area contributed by atoms with Gasteiger partial charge < -0.3 is 0 Å². The molecule has 0 fully saturated rings. The summed E-state index contributed by atoms with van der Waals surface area (Å²) in [6.07, 6.45) is 2.33. The molecule has 0 aliphatic rings. The summed E-state index contributed by atoms with van der Waals surface area (Å²) in [5.41, 5.74) is 5.16. The molecule has 0 unspecified atom stereocenters. The van der Waals surface area contributed by atoms with Crippen LogP contribution in [0.15, 0.2) is 18.2 Å². The van der Waals surface area contributed by atoms with Crippen molar-refractivity contribution in [1.82, 2.24) is 0 Å². The van der Waals surface area contributed by atoms with Crippen molar-refractivity contribution in [3.63, 3.8) is 0 Å². The van der Waals surface area contributed by atoms with Crippen molar-refractivity contribution in [3.8, 4) is 0 Å². The normalized spacial score (nSPS) is 12.9. The number of rotatable bonds is 2. The topological polar surface area (TPSA) is 0 Å². The van der Waals surface area contributed by atoms with E-state index < -0.39 is 0 Å². The highest BCUT2D eigenvalue weighted by molar-refractivity contribution is 5.33. The summed E-state index contributed by atoms with van der Waals surface area (Å²) in [5, 5.41) is 0. The molecule has 0 saturated heterocycles. The van der Waals surface area contributed by atoms with Crippen LogP contribution in [0, 0.1) is 17.8 Å². The average Bonchev–Trinajstić information content (AvgIpc) is 2.05. The number of hydrogen-bond acceptors (Lipinski definition) is 0. The minimum absolute atomic E-state index is 0.362. The fourth-order valence-corrected chi connectivity index (χ4v) is 2.23. The molecule has 1 aromatic rings. The smallest absolute Gasteiger partial charge is 0.0227 e. The Morgan fingerprint density at radius 1 is 0.765 bits per heavy atom. The van der Waals surface area contributed by atoms with Gasteiger partial charge >= 0.3 is 0 Å². The molecule has 1 aromatic carbocycles. The Hall–Kier alpha value is -0.780. The minimum Gasteiger partial charge on any atom is -0.0599 e. The van der Waals surface area contributed by atoms with Crippen LogP contribution < -0.4 is 0 Å². The quantitative estimate of drug-likeness (QED) is 0.659. The summed E-state index contributed by atoms with van der Waals surface area (Å²) >= 11 is 0. The second kappa shape index (κ2) is 4.84. The van der Waals surface area contributed by atoms with Gasteiger partial charge in [-0.1, -0.05) is 65.3 Å². The van der Waals surface area contributed by atoms with Gasteiger partial charge in [0.2, 0.25) is 0 Å². The maximum Gasteiger partial charge on any atom is -0.0227 e. The second-order valence-electron chi connectivity index (χ2n) is 7.75. The maximum absolute atomic E-state index is 2.37. The van der Waals surface area contributed by atoms with Crippen LogP contribution >= 0.6 is 0 Å². The summed E-state index contributed by atoms with van der Waals surface area (Å²) in [5.74, 6) is 0. The fourth-order valence-electron chi connectivity index (χ4n) is 2.23. The highest BCUT2D eigenvalue weighted by atomic mass is 14.2. The Morgan fingerprint density at radius 2 is 1.24 bits per heavy atom. The molecular weight excluding hydrogens is 204 g/mol. The predicted molar refractivity (Wildman–Crippen MR) is 77.5 cm³/mol. The largest absolute Gasteiger partial charge is 0.0599 e. The molecule has 0 N–H and O–H groups in total. The highest BCUT2D eigenvalue weighted by Crippen LogP contribution is 2.28. The Labute approximate surface area is 107 Å². The van der Waals surface area contributed by atoms with E-state index in [2.05, 4.69) is 66.7 Å². The van der Waals surface area contributed by atoms with Crippen molar-refractivity contribution >= 4 is 0 Å². The zero-order chi connectivity index (χ0) is 13.3. The minimum atomic E-state index is 0.362. The first-order valence-corrected chi connectivity index (χ1v) is 6.65. The van der Waals surface area contributed by atoms with Gasteiger partial charge in [-0.25, -0.2) is 0 Å². The fraction of sp³-hybridized carbons (Fsp3) is 0.647. The van der Waals surface area contributed by atoms with Crippen LogP contribution in [0.1, 0.15) is 58.2 Å². The molecule has 17 heavy (non-hydrogen) atoms. The molecule has 0 nitrogen and oxygen atoms in total. The Bertz CT molecular complexity index is 372. The van der Waals surface area contributed by atoms with Gasteiger partial charge in [0, 0.05) is 0 Å². The molecule has 0 aliphatic heterocycles. The van der Waals surface area contributed by atoms with Gasteiger partial charge in [-0.2, -0.15) is 0 Å². The van der Waals surface area contributed by atoms with Gasteiger partial charge in [0.25, 0.3) is 0 Å². The van der Waals surface area contributed by atoms with Crippen LogP contribution in [0.5, 0.6) is 0 Å². The second-order valence-corrected chi connectivity index (χ2v) is 7.75. The van der Waals surface area contributed by atoms with Crippen LogP contribution in [0.2, 0.25) is 0 Å². The Morgan fingerprint density at radius 3 is 1.71 bits per heavy atom. The van der Waals surface area contributed by atoms with E-state index in [-0.39, 0.29) is 0 Å². The van der Waals surface area contributed by atoms with Crippen molar-refractivity contribution in [2.75, 3.05) is 0 Å². The highest BCUT2D eigenvalue weighted by Gasteiger charge is 2.18. The lowest BCUT2D eigenvalue weighted by molar-refractivity contribution is 0.392. The van der Waals surface area contributed by atoms with Gasteiger partial charge in [-0.3, -0.25) is 0 Å². The molecule has 1 rings (SSSR count). The van der Waals surface area contributed by atoms with E-state index in [0.29, 0.717) is 10.8 Å². The van der Waals surface area contributed by atoms with Gasteiger partial charge in [0.05, 0.1) is 0 Å². The molecule has 0 heteroatoms. The maximum atomic E-state index is 2.37. The summed E-state index contributed by atoms with van der Waals surface area (Å²) in [4.78, 5) is 0. The Balaban J connectivity index is 3.04. The van der Waals surface area contributed by atoms with E-state index in [9.17, 15) is 0 Å². The third-order valence-corrected chi connectivity index (χ3v) is 2.80. The van der Waals surface area contributed by atoms with Gasteiger partial charge in [0.15, 0.2) is 0 Å². The first-order chi connectivity index (χ1) is 7.57. The average molecular weight is 232 g/mol. The lowest BCUT2D eigenvalue weighted by Crippen LogP contribution is -2.15. The SMILES string of the molecule is Cc1ccc(CC(C)(C)C)c(CC(C)(C)C)c1. The van der Waals surface area contributed by atoms with E-state index in [1.165, 1.54) is 29.5 Å². The van der Waals surface area contributed by atoms with Crippen molar-refractivity contribution in [1.29, 1.82) is 0 Å². The van der Waals surface area contributed by atoms with Crippen LogP contribution in [-0.2, 0) is 12.8 Å². The van der Waals surface area contributed by atoms with Crippen LogP contribution in [-0.4, -0.2) is 0 Å². The summed E-state index contributed by atoms with van der Waals surface area (Å²) in [6, 6.07) is 6.93. The van der Waals surface area contributed by atoms with Crippen LogP contribution in [0.4, 0.5) is 0 Å². The lowest BCUT2D eigenvalue weighted by Gasteiger charge is -2.24. The molecule has 96 valence electrons. The van der Waals surface area contributed by atoms with Crippen molar-refractivity contribution in [2.45, 2.75) is 61.3 Å². The molecule has 0 aliphatic carbocycles. The molecule has 0 radical (unpaired) electrons.